The van der Waals surface area contributed by atoms with Gasteiger partial charge in [-0.05, 0) is 35.9 Å². The zero-order valence-corrected chi connectivity index (χ0v) is 17.7. The molecule has 10 nitrogen and oxygen atoms in total. The second-order valence-electron chi connectivity index (χ2n) is 6.35. The molecule has 32 heavy (non-hydrogen) atoms. The van der Waals surface area contributed by atoms with Crippen LogP contribution in [0.15, 0.2) is 82.8 Å². The van der Waals surface area contributed by atoms with Crippen LogP contribution in [-0.2, 0) is 19.5 Å². The molecule has 0 fully saturated rings. The Kier molecular flexibility index (Phi) is 6.50. The maximum atomic E-state index is 11.2. The first-order valence-corrected chi connectivity index (χ1v) is 11.1. The highest BCUT2D eigenvalue weighted by Crippen LogP contribution is 2.25. The van der Waals surface area contributed by atoms with Gasteiger partial charge in [-0.2, -0.15) is 13.5 Å². The Morgan fingerprint density at radius 3 is 2.12 bits per heavy atom. The van der Waals surface area contributed by atoms with Gasteiger partial charge in [0.2, 0.25) is 5.82 Å². The standard InChI is InChI=1S/C20H14N4O6S2/c25-29-30-31-16-6-1-14(2-7-16)19-12-22-24-20(23-19)18-10-5-15(11-21-18)13-3-8-17(9-4-13)32(26,27)28/h1-12,25H,(H,26,27,28). The summed E-state index contributed by atoms with van der Waals surface area (Å²) in [5.74, 6) is 0.339. The number of hydrogen-bond acceptors (Lipinski definition) is 10. The molecule has 0 saturated carbocycles. The lowest BCUT2D eigenvalue weighted by Gasteiger charge is -2.06. The zero-order valence-electron chi connectivity index (χ0n) is 16.1. The third kappa shape index (κ3) is 5.13. The molecule has 0 atom stereocenters. The van der Waals surface area contributed by atoms with Gasteiger partial charge in [-0.25, -0.2) is 10.2 Å². The first-order chi connectivity index (χ1) is 15.4. The predicted molar refractivity (Wildman–Crippen MR) is 114 cm³/mol. The van der Waals surface area contributed by atoms with E-state index in [4.69, 9.17) is 9.81 Å². The molecule has 0 bridgehead atoms. The molecule has 4 rings (SSSR count). The summed E-state index contributed by atoms with van der Waals surface area (Å²) in [4.78, 5) is 9.44. The van der Waals surface area contributed by atoms with Crippen LogP contribution in [0.1, 0.15) is 0 Å². The maximum absolute atomic E-state index is 11.2. The van der Waals surface area contributed by atoms with Gasteiger partial charge in [0.05, 0.1) is 28.8 Å². The van der Waals surface area contributed by atoms with Crippen LogP contribution in [-0.4, -0.2) is 38.4 Å². The lowest BCUT2D eigenvalue weighted by molar-refractivity contribution is -0.432. The lowest BCUT2D eigenvalue weighted by atomic mass is 10.1. The fraction of sp³-hybridized carbons (Fsp3) is 0. The summed E-state index contributed by atoms with van der Waals surface area (Å²) in [7, 11) is -4.24. The Morgan fingerprint density at radius 2 is 1.50 bits per heavy atom. The largest absolute Gasteiger partial charge is 0.294 e. The molecule has 162 valence electrons. The molecule has 12 heteroatoms. The third-order valence-electron chi connectivity index (χ3n) is 4.35. The van der Waals surface area contributed by atoms with Crippen LogP contribution in [0.2, 0.25) is 0 Å². The Bertz CT molecular complexity index is 1320. The van der Waals surface area contributed by atoms with E-state index in [0.717, 1.165) is 28.7 Å². The summed E-state index contributed by atoms with van der Waals surface area (Å²) in [6.45, 7) is 0. The number of benzene rings is 2. The second kappa shape index (κ2) is 9.48. The molecule has 0 amide bonds. The van der Waals surface area contributed by atoms with E-state index in [9.17, 15) is 8.42 Å². The van der Waals surface area contributed by atoms with E-state index in [1.54, 1.807) is 42.6 Å². The molecule has 0 aliphatic carbocycles. The number of rotatable bonds is 7. The monoisotopic (exact) mass is 470 g/mol. The van der Waals surface area contributed by atoms with E-state index in [2.05, 4.69) is 29.5 Å². The molecule has 0 saturated heterocycles. The molecule has 2 N–H and O–H groups in total. The molecular weight excluding hydrogens is 456 g/mol. The summed E-state index contributed by atoms with van der Waals surface area (Å²) < 4.78 is 35.8. The van der Waals surface area contributed by atoms with Crippen molar-refractivity contribution >= 4 is 22.2 Å². The topological polar surface area (TPSA) is 145 Å². The van der Waals surface area contributed by atoms with Gasteiger partial charge >= 0.3 is 0 Å². The Morgan fingerprint density at radius 1 is 0.812 bits per heavy atom. The van der Waals surface area contributed by atoms with Gasteiger partial charge in [-0.1, -0.05) is 35.4 Å². The minimum absolute atomic E-state index is 0.178. The smallest absolute Gasteiger partial charge is 0.282 e. The van der Waals surface area contributed by atoms with Crippen LogP contribution in [0, 0.1) is 0 Å². The zero-order chi connectivity index (χ0) is 22.6. The SMILES string of the molecule is O=S(=O)(O)c1ccc(-c2ccc(-c3nncc(-c4ccc(SOOO)cc4)n3)nc2)cc1. The van der Waals surface area contributed by atoms with Crippen LogP contribution < -0.4 is 0 Å². The summed E-state index contributed by atoms with van der Waals surface area (Å²) >= 11 is 0.853. The lowest BCUT2D eigenvalue weighted by Crippen LogP contribution is -1.98. The quantitative estimate of drug-likeness (QED) is 0.175. The maximum Gasteiger partial charge on any atom is 0.294 e. The van der Waals surface area contributed by atoms with Crippen LogP contribution >= 0.6 is 12.0 Å². The summed E-state index contributed by atoms with van der Waals surface area (Å²) in [6, 6.07) is 16.5. The Hall–Kier alpha value is -3.26. The van der Waals surface area contributed by atoms with E-state index in [1.165, 1.54) is 18.3 Å². The van der Waals surface area contributed by atoms with E-state index in [1.807, 2.05) is 12.1 Å². The number of aromatic nitrogens is 4. The van der Waals surface area contributed by atoms with Crippen molar-refractivity contribution in [3.63, 3.8) is 0 Å². The number of pyridine rings is 1. The van der Waals surface area contributed by atoms with Gasteiger partial charge in [0, 0.05) is 22.2 Å². The van der Waals surface area contributed by atoms with Crippen molar-refractivity contribution in [2.45, 2.75) is 9.79 Å². The van der Waals surface area contributed by atoms with Crippen molar-refractivity contribution in [3.05, 3.63) is 73.1 Å². The van der Waals surface area contributed by atoms with Gasteiger partial charge in [0.15, 0.2) is 0 Å². The van der Waals surface area contributed by atoms with Crippen LogP contribution in [0.4, 0.5) is 0 Å². The second-order valence-corrected chi connectivity index (χ2v) is 8.54. The van der Waals surface area contributed by atoms with Gasteiger partial charge < -0.3 is 0 Å². The van der Waals surface area contributed by atoms with Crippen molar-refractivity contribution in [3.8, 4) is 33.9 Å². The average Bonchev–Trinajstić information content (AvgIpc) is 2.83. The highest BCUT2D eigenvalue weighted by Gasteiger charge is 2.11. The molecule has 0 aliphatic heterocycles. The van der Waals surface area contributed by atoms with E-state index < -0.39 is 10.1 Å². The van der Waals surface area contributed by atoms with Crippen LogP contribution in [0.5, 0.6) is 0 Å². The van der Waals surface area contributed by atoms with E-state index in [-0.39, 0.29) is 4.90 Å². The Balaban J connectivity index is 1.54. The van der Waals surface area contributed by atoms with Crippen molar-refractivity contribution in [2.24, 2.45) is 0 Å². The molecule has 2 aromatic heterocycles. The van der Waals surface area contributed by atoms with Crippen molar-refractivity contribution in [1.82, 2.24) is 20.2 Å². The molecule has 0 spiro atoms. The van der Waals surface area contributed by atoms with Crippen molar-refractivity contribution in [2.75, 3.05) is 0 Å². The highest BCUT2D eigenvalue weighted by molar-refractivity contribution is 7.94. The first-order valence-electron chi connectivity index (χ1n) is 8.93. The van der Waals surface area contributed by atoms with Crippen molar-refractivity contribution in [1.29, 1.82) is 0 Å². The van der Waals surface area contributed by atoms with Crippen LogP contribution in [0.25, 0.3) is 33.9 Å². The van der Waals surface area contributed by atoms with Gasteiger partial charge in [0.25, 0.3) is 10.1 Å². The predicted octanol–water partition coefficient (Wildman–Crippen LogP) is 3.94. The van der Waals surface area contributed by atoms with E-state index in [0.29, 0.717) is 22.1 Å². The molecular formula is C20H14N4O6S2. The van der Waals surface area contributed by atoms with Gasteiger partial charge in [0.1, 0.15) is 5.69 Å². The summed E-state index contributed by atoms with van der Waals surface area (Å²) in [5.41, 5.74) is 3.39. The minimum Gasteiger partial charge on any atom is -0.282 e. The highest BCUT2D eigenvalue weighted by atomic mass is 32.2. The average molecular weight is 470 g/mol. The summed E-state index contributed by atoms with van der Waals surface area (Å²) in [5, 5.41) is 19.8. The first kappa shape index (κ1) is 22.0. The molecule has 4 aromatic rings. The fourth-order valence-corrected chi connectivity index (χ4v) is 3.64. The van der Waals surface area contributed by atoms with Gasteiger partial charge in [-0.3, -0.25) is 9.54 Å². The molecule has 0 unspecified atom stereocenters. The normalized spacial score (nSPS) is 11.4. The molecule has 2 aromatic carbocycles. The molecule has 0 aliphatic rings. The minimum atomic E-state index is -4.24. The fourth-order valence-electron chi connectivity index (χ4n) is 2.80. The third-order valence-corrected chi connectivity index (χ3v) is 5.81. The Labute approximate surface area is 186 Å². The van der Waals surface area contributed by atoms with Crippen molar-refractivity contribution < 1.29 is 27.6 Å². The molecule has 0 radical (unpaired) electrons. The number of nitrogens with zero attached hydrogens (tertiary/aromatic N) is 4. The van der Waals surface area contributed by atoms with Gasteiger partial charge in [-0.15, -0.1) is 9.43 Å². The van der Waals surface area contributed by atoms with E-state index >= 15 is 0 Å². The van der Waals surface area contributed by atoms with Crippen LogP contribution in [0.3, 0.4) is 0 Å². The molecule has 2 heterocycles. The summed E-state index contributed by atoms with van der Waals surface area (Å²) in [6.07, 6.45) is 3.15. The number of hydrogen-bond donors (Lipinski definition) is 2.